The molecular formula is C17H25N3O4S. The van der Waals surface area contributed by atoms with Gasteiger partial charge in [0, 0.05) is 30.5 Å². The lowest BCUT2D eigenvalue weighted by Gasteiger charge is -2.16. The largest absolute Gasteiger partial charge is 0.360 e. The lowest BCUT2D eigenvalue weighted by molar-refractivity contribution is 0.0972. The Kier molecular flexibility index (Phi) is 5.53. The normalized spacial score (nSPS) is 12.1. The fraction of sp³-hybridized carbons (Fsp3) is 0.529. The van der Waals surface area contributed by atoms with Gasteiger partial charge < -0.3 is 9.09 Å². The maximum atomic E-state index is 12.7. The van der Waals surface area contributed by atoms with Gasteiger partial charge in [0.1, 0.15) is 10.6 Å². The van der Waals surface area contributed by atoms with Crippen LogP contribution in [0.1, 0.15) is 46.5 Å². The van der Waals surface area contributed by atoms with Gasteiger partial charge in [-0.05, 0) is 40.2 Å². The molecule has 0 aliphatic carbocycles. The number of carbonyl (C=O) groups excluding carboxylic acids is 1. The summed E-state index contributed by atoms with van der Waals surface area (Å²) in [5.74, 6) is -0.00814. The summed E-state index contributed by atoms with van der Waals surface area (Å²) >= 11 is 0. The summed E-state index contributed by atoms with van der Waals surface area (Å²) in [7, 11) is -2.44. The summed E-state index contributed by atoms with van der Waals surface area (Å²) in [5.41, 5.74) is 2.72. The highest BCUT2D eigenvalue weighted by Gasteiger charge is 2.30. The zero-order valence-electron chi connectivity index (χ0n) is 15.6. The molecule has 7 nitrogen and oxygen atoms in total. The second-order valence-corrected chi connectivity index (χ2v) is 8.26. The molecule has 0 unspecified atom stereocenters. The van der Waals surface area contributed by atoms with Gasteiger partial charge in [-0.25, -0.2) is 8.42 Å². The molecule has 2 heterocycles. The van der Waals surface area contributed by atoms with E-state index in [1.807, 2.05) is 19.9 Å². The molecule has 0 saturated heterocycles. The SMILES string of the molecule is CCCn1c(C)cc(C(=O)CN(C)S(=O)(=O)c2c(C)noc2C)c1C. The Bertz CT molecular complexity index is 874. The zero-order chi connectivity index (χ0) is 18.9. The third-order valence-electron chi connectivity index (χ3n) is 4.32. The number of aromatic nitrogens is 2. The topological polar surface area (TPSA) is 85.4 Å². The smallest absolute Gasteiger partial charge is 0.248 e. The van der Waals surface area contributed by atoms with Crippen LogP contribution < -0.4 is 0 Å². The molecule has 0 radical (unpaired) electrons. The summed E-state index contributed by atoms with van der Waals surface area (Å²) < 4.78 is 33.5. The summed E-state index contributed by atoms with van der Waals surface area (Å²) in [6.45, 7) is 9.62. The lowest BCUT2D eigenvalue weighted by atomic mass is 10.1. The second kappa shape index (κ2) is 7.13. The van der Waals surface area contributed by atoms with Crippen LogP contribution in [-0.2, 0) is 16.6 Å². The number of hydrogen-bond donors (Lipinski definition) is 0. The Morgan fingerprint density at radius 3 is 2.44 bits per heavy atom. The minimum Gasteiger partial charge on any atom is -0.360 e. The van der Waals surface area contributed by atoms with Crippen LogP contribution in [0, 0.1) is 27.7 Å². The number of hydrogen-bond acceptors (Lipinski definition) is 5. The monoisotopic (exact) mass is 367 g/mol. The number of rotatable bonds is 7. The van der Waals surface area contributed by atoms with E-state index in [0.29, 0.717) is 5.56 Å². The Hall–Kier alpha value is -1.93. The average Bonchev–Trinajstić information content (AvgIpc) is 3.01. The Morgan fingerprint density at radius 2 is 1.92 bits per heavy atom. The van der Waals surface area contributed by atoms with Crippen LogP contribution in [0.25, 0.3) is 0 Å². The van der Waals surface area contributed by atoms with Crippen LogP contribution >= 0.6 is 0 Å². The van der Waals surface area contributed by atoms with Crippen molar-refractivity contribution in [1.29, 1.82) is 0 Å². The third kappa shape index (κ3) is 3.55. The predicted molar refractivity (Wildman–Crippen MR) is 94.3 cm³/mol. The summed E-state index contributed by atoms with van der Waals surface area (Å²) in [6.07, 6.45) is 0.963. The first-order chi connectivity index (χ1) is 11.6. The van der Waals surface area contributed by atoms with E-state index in [2.05, 4.69) is 16.6 Å². The van der Waals surface area contributed by atoms with Gasteiger partial charge in [-0.3, -0.25) is 4.79 Å². The Balaban J connectivity index is 2.28. The van der Waals surface area contributed by atoms with Gasteiger partial charge in [0.25, 0.3) is 0 Å². The second-order valence-electron chi connectivity index (χ2n) is 6.27. The van der Waals surface area contributed by atoms with Crippen molar-refractivity contribution in [3.8, 4) is 0 Å². The molecule has 0 aliphatic rings. The Labute approximate surface area is 148 Å². The van der Waals surface area contributed by atoms with Crippen molar-refractivity contribution in [3.05, 3.63) is 34.5 Å². The van der Waals surface area contributed by atoms with E-state index < -0.39 is 10.0 Å². The number of carbonyl (C=O) groups is 1. The van der Waals surface area contributed by atoms with E-state index in [1.54, 1.807) is 13.8 Å². The fourth-order valence-corrected chi connectivity index (χ4v) is 4.43. The zero-order valence-corrected chi connectivity index (χ0v) is 16.4. The van der Waals surface area contributed by atoms with Crippen LogP contribution in [-0.4, -0.2) is 41.8 Å². The van der Waals surface area contributed by atoms with Crippen molar-refractivity contribution in [2.75, 3.05) is 13.6 Å². The highest BCUT2D eigenvalue weighted by atomic mass is 32.2. The van der Waals surface area contributed by atoms with Crippen molar-refractivity contribution in [3.63, 3.8) is 0 Å². The highest BCUT2D eigenvalue weighted by Crippen LogP contribution is 2.23. The maximum absolute atomic E-state index is 12.7. The van der Waals surface area contributed by atoms with Crippen molar-refractivity contribution < 1.29 is 17.7 Å². The predicted octanol–water partition coefficient (Wildman–Crippen LogP) is 2.62. The van der Waals surface area contributed by atoms with Crippen molar-refractivity contribution in [2.45, 2.75) is 52.5 Å². The van der Waals surface area contributed by atoms with Crippen molar-refractivity contribution in [1.82, 2.24) is 14.0 Å². The van der Waals surface area contributed by atoms with E-state index >= 15 is 0 Å². The van der Waals surface area contributed by atoms with E-state index in [9.17, 15) is 13.2 Å². The van der Waals surface area contributed by atoms with E-state index in [0.717, 1.165) is 28.7 Å². The average molecular weight is 367 g/mol. The minimum absolute atomic E-state index is 0.0271. The van der Waals surface area contributed by atoms with Crippen molar-refractivity contribution >= 4 is 15.8 Å². The molecule has 138 valence electrons. The van der Waals surface area contributed by atoms with Crippen LogP contribution in [0.5, 0.6) is 0 Å². The summed E-state index contributed by atoms with van der Waals surface area (Å²) in [5, 5.41) is 3.68. The van der Waals surface area contributed by atoms with Crippen LogP contribution in [0.2, 0.25) is 0 Å². The molecule has 0 atom stereocenters. The fourth-order valence-electron chi connectivity index (χ4n) is 3.02. The standard InChI is InChI=1S/C17H25N3O4S/c1-7-8-20-11(2)9-15(13(20)4)16(21)10-19(6)25(22,23)17-12(3)18-24-14(17)5/h9H,7-8,10H2,1-6H3. The van der Waals surface area contributed by atoms with E-state index in [1.165, 1.54) is 7.05 Å². The van der Waals surface area contributed by atoms with Crippen molar-refractivity contribution in [2.24, 2.45) is 0 Å². The minimum atomic E-state index is -3.84. The number of Topliss-reactive ketones (excluding diaryl/α,β-unsaturated/α-hetero) is 1. The van der Waals surface area contributed by atoms with Crippen LogP contribution in [0.15, 0.2) is 15.5 Å². The van der Waals surface area contributed by atoms with Gasteiger partial charge in [0.05, 0.1) is 6.54 Å². The van der Waals surface area contributed by atoms with Gasteiger partial charge in [-0.1, -0.05) is 12.1 Å². The highest BCUT2D eigenvalue weighted by molar-refractivity contribution is 7.89. The first-order valence-corrected chi connectivity index (χ1v) is 9.64. The number of ketones is 1. The Morgan fingerprint density at radius 1 is 1.28 bits per heavy atom. The molecule has 0 saturated carbocycles. The molecule has 2 rings (SSSR count). The number of sulfonamides is 1. The molecule has 0 bridgehead atoms. The van der Waals surface area contributed by atoms with Gasteiger partial charge in [0.15, 0.2) is 11.5 Å². The van der Waals surface area contributed by atoms with Gasteiger partial charge >= 0.3 is 0 Å². The van der Waals surface area contributed by atoms with Gasteiger partial charge in [0.2, 0.25) is 10.0 Å². The molecule has 0 amide bonds. The van der Waals surface area contributed by atoms with Crippen LogP contribution in [0.4, 0.5) is 0 Å². The van der Waals surface area contributed by atoms with Gasteiger partial charge in [-0.2, -0.15) is 4.31 Å². The molecule has 0 aliphatic heterocycles. The molecule has 25 heavy (non-hydrogen) atoms. The van der Waals surface area contributed by atoms with E-state index in [4.69, 9.17) is 4.52 Å². The first kappa shape index (κ1) is 19.4. The van der Waals surface area contributed by atoms with Crippen LogP contribution in [0.3, 0.4) is 0 Å². The molecule has 0 spiro atoms. The molecule has 2 aromatic heterocycles. The molecular weight excluding hydrogens is 342 g/mol. The van der Waals surface area contributed by atoms with Gasteiger partial charge in [-0.15, -0.1) is 0 Å². The summed E-state index contributed by atoms with van der Waals surface area (Å²) in [6, 6.07) is 1.82. The maximum Gasteiger partial charge on any atom is 0.248 e. The number of aryl methyl sites for hydroxylation is 3. The third-order valence-corrected chi connectivity index (χ3v) is 6.37. The summed E-state index contributed by atoms with van der Waals surface area (Å²) in [4.78, 5) is 12.7. The quantitative estimate of drug-likeness (QED) is 0.702. The van der Waals surface area contributed by atoms with E-state index in [-0.39, 0.29) is 28.7 Å². The molecule has 8 heteroatoms. The molecule has 0 fully saturated rings. The molecule has 0 N–H and O–H groups in total. The first-order valence-electron chi connectivity index (χ1n) is 8.20. The number of likely N-dealkylation sites (N-methyl/N-ethyl adjacent to an activating group) is 1. The molecule has 2 aromatic rings. The number of nitrogens with zero attached hydrogens (tertiary/aromatic N) is 3. The lowest BCUT2D eigenvalue weighted by Crippen LogP contribution is -2.33. The molecule has 0 aromatic carbocycles.